The number of alkyl halides is 3. The second kappa shape index (κ2) is 7.66. The molecule has 1 fully saturated rings. The van der Waals surface area contributed by atoms with Gasteiger partial charge in [0, 0.05) is 36.4 Å². The summed E-state index contributed by atoms with van der Waals surface area (Å²) in [7, 11) is 1.64. The zero-order chi connectivity index (χ0) is 21.5. The van der Waals surface area contributed by atoms with Gasteiger partial charge >= 0.3 is 6.18 Å². The molecular weight excluding hydrogens is 397 g/mol. The number of aromatic nitrogens is 4. The molecule has 0 radical (unpaired) electrons. The number of benzene rings is 1. The van der Waals surface area contributed by atoms with Gasteiger partial charge in [0.25, 0.3) is 5.82 Å². The van der Waals surface area contributed by atoms with Crippen molar-refractivity contribution >= 4 is 17.2 Å². The second-order valence-electron chi connectivity index (χ2n) is 7.46. The smallest absolute Gasteiger partial charge is 0.453 e. The second-order valence-corrected chi connectivity index (χ2v) is 7.46. The number of ether oxygens (including phenoxy) is 1. The normalized spacial score (nSPS) is 15.6. The van der Waals surface area contributed by atoms with E-state index in [-0.39, 0.29) is 11.7 Å². The zero-order valence-electron chi connectivity index (χ0n) is 17.0. The molecule has 10 heteroatoms. The molecule has 0 unspecified atom stereocenters. The molecule has 7 nitrogen and oxygen atoms in total. The van der Waals surface area contributed by atoms with Crippen LogP contribution in [0.5, 0.6) is 5.75 Å². The molecule has 0 saturated carbocycles. The van der Waals surface area contributed by atoms with Crippen molar-refractivity contribution < 1.29 is 17.9 Å². The molecule has 0 aliphatic carbocycles. The standard InChI is InChI=1S/C20H23F3N6O/c1-12-13(2)18-25-26-19(20(21,22)23)29(18)27-17(12)24-14-7-9-28(10-8-14)15-5-4-6-16(11-15)30-3/h4-6,11,14H,7-10H2,1-3H3,(H,24,27). The lowest BCUT2D eigenvalue weighted by Gasteiger charge is -2.34. The largest absolute Gasteiger partial charge is 0.497 e. The van der Waals surface area contributed by atoms with Gasteiger partial charge in [-0.1, -0.05) is 6.07 Å². The van der Waals surface area contributed by atoms with E-state index in [0.717, 1.165) is 47.4 Å². The average molecular weight is 420 g/mol. The van der Waals surface area contributed by atoms with Gasteiger partial charge in [-0.05, 0) is 44.4 Å². The topological polar surface area (TPSA) is 67.6 Å². The third kappa shape index (κ3) is 3.73. The summed E-state index contributed by atoms with van der Waals surface area (Å²) in [6, 6.07) is 8.03. The summed E-state index contributed by atoms with van der Waals surface area (Å²) in [6.07, 6.45) is -2.94. The monoisotopic (exact) mass is 420 g/mol. The van der Waals surface area contributed by atoms with Crippen molar-refractivity contribution in [3.63, 3.8) is 0 Å². The lowest BCUT2D eigenvalue weighted by molar-refractivity contribution is -0.146. The maximum absolute atomic E-state index is 13.2. The quantitative estimate of drug-likeness (QED) is 0.692. The van der Waals surface area contributed by atoms with E-state index in [0.29, 0.717) is 11.4 Å². The van der Waals surface area contributed by atoms with Crippen molar-refractivity contribution in [3.05, 3.63) is 41.2 Å². The van der Waals surface area contributed by atoms with Crippen LogP contribution in [-0.4, -0.2) is 46.1 Å². The highest BCUT2D eigenvalue weighted by molar-refractivity contribution is 5.58. The first-order valence-corrected chi connectivity index (χ1v) is 9.73. The van der Waals surface area contributed by atoms with Crippen LogP contribution in [0.15, 0.2) is 24.3 Å². The van der Waals surface area contributed by atoms with Crippen LogP contribution in [0.1, 0.15) is 29.8 Å². The minimum Gasteiger partial charge on any atom is -0.497 e. The zero-order valence-corrected chi connectivity index (χ0v) is 17.0. The first-order chi connectivity index (χ1) is 14.3. The van der Waals surface area contributed by atoms with Crippen molar-refractivity contribution in [2.75, 3.05) is 30.4 Å². The van der Waals surface area contributed by atoms with Gasteiger partial charge in [0.2, 0.25) is 0 Å². The summed E-state index contributed by atoms with van der Waals surface area (Å²) >= 11 is 0. The highest BCUT2D eigenvalue weighted by Crippen LogP contribution is 2.30. The van der Waals surface area contributed by atoms with E-state index in [1.54, 1.807) is 14.0 Å². The summed E-state index contributed by atoms with van der Waals surface area (Å²) in [5, 5.41) is 14.5. The molecule has 160 valence electrons. The lowest BCUT2D eigenvalue weighted by Crippen LogP contribution is -2.39. The Balaban J connectivity index is 1.52. The molecule has 0 amide bonds. The third-order valence-electron chi connectivity index (χ3n) is 5.60. The van der Waals surface area contributed by atoms with Crippen LogP contribution in [-0.2, 0) is 6.18 Å². The Morgan fingerprint density at radius 2 is 1.83 bits per heavy atom. The van der Waals surface area contributed by atoms with Crippen molar-refractivity contribution in [2.45, 2.75) is 38.9 Å². The van der Waals surface area contributed by atoms with E-state index < -0.39 is 12.0 Å². The molecule has 4 rings (SSSR count). The molecule has 3 heterocycles. The van der Waals surface area contributed by atoms with Gasteiger partial charge in [-0.3, -0.25) is 0 Å². The molecule has 0 atom stereocenters. The third-order valence-corrected chi connectivity index (χ3v) is 5.60. The van der Waals surface area contributed by atoms with Gasteiger partial charge < -0.3 is 15.0 Å². The van der Waals surface area contributed by atoms with Crippen molar-refractivity contribution in [1.29, 1.82) is 0 Å². The molecule has 30 heavy (non-hydrogen) atoms. The van der Waals surface area contributed by atoms with Crippen molar-refractivity contribution in [3.8, 4) is 5.75 Å². The van der Waals surface area contributed by atoms with E-state index in [9.17, 15) is 13.2 Å². The highest BCUT2D eigenvalue weighted by atomic mass is 19.4. The lowest BCUT2D eigenvalue weighted by atomic mass is 10.0. The molecule has 1 aliphatic heterocycles. The average Bonchev–Trinajstić information content (AvgIpc) is 3.17. The number of aryl methyl sites for hydroxylation is 1. The van der Waals surface area contributed by atoms with E-state index in [4.69, 9.17) is 4.74 Å². The van der Waals surface area contributed by atoms with Crippen LogP contribution in [0.25, 0.3) is 5.65 Å². The first-order valence-electron chi connectivity index (χ1n) is 9.73. The minimum atomic E-state index is -4.62. The molecule has 1 aromatic carbocycles. The van der Waals surface area contributed by atoms with Gasteiger partial charge in [-0.15, -0.1) is 15.3 Å². The number of hydrogen-bond donors (Lipinski definition) is 1. The van der Waals surface area contributed by atoms with Crippen LogP contribution < -0.4 is 15.0 Å². The summed E-state index contributed by atoms with van der Waals surface area (Å²) in [6.45, 7) is 5.22. The number of piperidine rings is 1. The molecule has 1 saturated heterocycles. The fourth-order valence-electron chi connectivity index (χ4n) is 3.73. The van der Waals surface area contributed by atoms with E-state index in [1.165, 1.54) is 0 Å². The summed E-state index contributed by atoms with van der Waals surface area (Å²) in [4.78, 5) is 2.27. The van der Waals surface area contributed by atoms with Crippen LogP contribution in [0.3, 0.4) is 0 Å². The van der Waals surface area contributed by atoms with Crippen LogP contribution in [0.4, 0.5) is 24.7 Å². The Hall–Kier alpha value is -3.04. The van der Waals surface area contributed by atoms with Crippen LogP contribution in [0, 0.1) is 13.8 Å². The van der Waals surface area contributed by atoms with Gasteiger partial charge in [0.05, 0.1) is 7.11 Å². The molecular formula is C20H23F3N6O. The fraction of sp³-hybridized carbons (Fsp3) is 0.450. The first kappa shape index (κ1) is 20.2. The Kier molecular flexibility index (Phi) is 5.17. The predicted octanol–water partition coefficient (Wildman–Crippen LogP) is 3.85. The Morgan fingerprint density at radius 1 is 1.10 bits per heavy atom. The Labute approximate surface area is 171 Å². The number of nitrogens with one attached hydrogen (secondary N) is 1. The van der Waals surface area contributed by atoms with Gasteiger partial charge in [-0.25, -0.2) is 0 Å². The number of rotatable bonds is 4. The molecule has 1 N–H and O–H groups in total. The fourth-order valence-corrected chi connectivity index (χ4v) is 3.73. The maximum atomic E-state index is 13.2. The minimum absolute atomic E-state index is 0.112. The number of anilines is 2. The summed E-state index contributed by atoms with van der Waals surface area (Å²) < 4.78 is 45.8. The summed E-state index contributed by atoms with van der Waals surface area (Å²) in [5.74, 6) is 0.132. The highest BCUT2D eigenvalue weighted by Gasteiger charge is 2.38. The van der Waals surface area contributed by atoms with Gasteiger partial charge in [-0.2, -0.15) is 17.7 Å². The van der Waals surface area contributed by atoms with Crippen LogP contribution >= 0.6 is 0 Å². The van der Waals surface area contributed by atoms with Crippen molar-refractivity contribution in [1.82, 2.24) is 19.8 Å². The molecule has 3 aromatic rings. The molecule has 2 aromatic heterocycles. The Morgan fingerprint density at radius 3 is 2.50 bits per heavy atom. The van der Waals surface area contributed by atoms with Gasteiger partial charge in [0.1, 0.15) is 5.75 Å². The molecule has 0 bridgehead atoms. The number of fused-ring (bicyclic) bond motifs is 1. The Bertz CT molecular complexity index is 1060. The maximum Gasteiger partial charge on any atom is 0.453 e. The van der Waals surface area contributed by atoms with Crippen LogP contribution in [0.2, 0.25) is 0 Å². The molecule has 0 spiro atoms. The SMILES string of the molecule is COc1cccc(N2CCC(Nc3nn4c(C(F)(F)F)nnc4c(C)c3C)CC2)c1. The number of hydrogen-bond acceptors (Lipinski definition) is 6. The van der Waals surface area contributed by atoms with E-state index in [1.807, 2.05) is 31.2 Å². The van der Waals surface area contributed by atoms with Gasteiger partial charge in [0.15, 0.2) is 11.5 Å². The number of methoxy groups -OCH3 is 1. The molecule has 1 aliphatic rings. The van der Waals surface area contributed by atoms with Crippen molar-refractivity contribution in [2.24, 2.45) is 0 Å². The predicted molar refractivity (Wildman–Crippen MR) is 107 cm³/mol. The van der Waals surface area contributed by atoms with E-state index >= 15 is 0 Å². The number of nitrogens with zero attached hydrogens (tertiary/aromatic N) is 5. The number of halogens is 3. The van der Waals surface area contributed by atoms with E-state index in [2.05, 4.69) is 25.5 Å². The summed E-state index contributed by atoms with van der Waals surface area (Å²) in [5.41, 5.74) is 2.63.